The van der Waals surface area contributed by atoms with Crippen molar-refractivity contribution in [3.63, 3.8) is 0 Å². The fourth-order valence-corrected chi connectivity index (χ4v) is 4.61. The summed E-state index contributed by atoms with van der Waals surface area (Å²) < 4.78 is 1.95. The summed E-state index contributed by atoms with van der Waals surface area (Å²) >= 11 is 4.96. The van der Waals surface area contributed by atoms with Crippen LogP contribution in [-0.2, 0) is 5.75 Å². The van der Waals surface area contributed by atoms with Gasteiger partial charge >= 0.3 is 0 Å². The molecule has 1 heterocycles. The van der Waals surface area contributed by atoms with Crippen LogP contribution in [0, 0.1) is 10.1 Å². The lowest BCUT2D eigenvalue weighted by Crippen LogP contribution is -1.88. The van der Waals surface area contributed by atoms with E-state index in [1.165, 1.54) is 25.0 Å². The first-order valence-electron chi connectivity index (χ1n) is 6.51. The Morgan fingerprint density at radius 2 is 1.86 bits per heavy atom. The zero-order valence-electron chi connectivity index (χ0n) is 11.5. The van der Waals surface area contributed by atoms with Gasteiger partial charge in [-0.15, -0.1) is 10.2 Å². The third kappa shape index (κ3) is 5.29. The highest BCUT2D eigenvalue weighted by Gasteiger charge is 2.07. The predicted molar refractivity (Wildman–Crippen MR) is 88.2 cm³/mol. The second-order valence-corrected chi connectivity index (χ2v) is 7.79. The molecule has 21 heavy (non-hydrogen) atoms. The molecule has 0 atom stereocenters. The molecule has 8 heteroatoms. The summed E-state index contributed by atoms with van der Waals surface area (Å²) in [5.41, 5.74) is 1.16. The quantitative estimate of drug-likeness (QED) is 0.302. The maximum atomic E-state index is 10.6. The molecule has 1 aromatic heterocycles. The van der Waals surface area contributed by atoms with Crippen LogP contribution >= 0.6 is 34.9 Å². The molecular formula is C13H15N3O2S3. The van der Waals surface area contributed by atoms with E-state index in [0.29, 0.717) is 0 Å². The van der Waals surface area contributed by atoms with E-state index in [9.17, 15) is 10.1 Å². The zero-order valence-corrected chi connectivity index (χ0v) is 14.0. The molecule has 2 rings (SSSR count). The Balaban J connectivity index is 1.83. The van der Waals surface area contributed by atoms with Crippen molar-refractivity contribution >= 4 is 40.5 Å². The van der Waals surface area contributed by atoms with E-state index in [2.05, 4.69) is 17.1 Å². The van der Waals surface area contributed by atoms with Crippen molar-refractivity contribution in [2.24, 2.45) is 0 Å². The minimum absolute atomic E-state index is 0.120. The first kappa shape index (κ1) is 16.3. The Kier molecular flexibility index (Phi) is 6.47. The normalized spacial score (nSPS) is 10.7. The van der Waals surface area contributed by atoms with Gasteiger partial charge < -0.3 is 0 Å². The third-order valence-corrected chi connectivity index (χ3v) is 5.97. The Bertz CT molecular complexity index is 587. The van der Waals surface area contributed by atoms with E-state index in [4.69, 9.17) is 0 Å². The molecule has 0 saturated carbocycles. The summed E-state index contributed by atoms with van der Waals surface area (Å²) in [7, 11) is 0. The monoisotopic (exact) mass is 341 g/mol. The first-order valence-corrected chi connectivity index (χ1v) is 9.30. The molecule has 0 saturated heterocycles. The highest BCUT2D eigenvalue weighted by molar-refractivity contribution is 8.02. The molecule has 5 nitrogen and oxygen atoms in total. The maximum Gasteiger partial charge on any atom is 0.269 e. The van der Waals surface area contributed by atoms with Gasteiger partial charge in [0.2, 0.25) is 0 Å². The van der Waals surface area contributed by atoms with Gasteiger partial charge in [0.1, 0.15) is 0 Å². The van der Waals surface area contributed by atoms with Gasteiger partial charge in [0.05, 0.1) is 4.92 Å². The van der Waals surface area contributed by atoms with Crippen molar-refractivity contribution < 1.29 is 4.92 Å². The molecule has 0 radical (unpaired) electrons. The Morgan fingerprint density at radius 3 is 2.48 bits per heavy atom. The summed E-state index contributed by atoms with van der Waals surface area (Å²) in [5, 5.41) is 18.9. The molecule has 0 fully saturated rings. The Morgan fingerprint density at radius 1 is 1.19 bits per heavy atom. The second kappa shape index (κ2) is 8.35. The number of benzene rings is 1. The molecule has 0 spiro atoms. The van der Waals surface area contributed by atoms with Crippen molar-refractivity contribution in [1.29, 1.82) is 0 Å². The fraction of sp³-hybridized carbons (Fsp3) is 0.385. The van der Waals surface area contributed by atoms with Gasteiger partial charge in [-0.1, -0.05) is 60.3 Å². The molecule has 0 aliphatic carbocycles. The van der Waals surface area contributed by atoms with Crippen LogP contribution in [0.3, 0.4) is 0 Å². The standard InChI is InChI=1S/C13H15N3O2S3/c1-2-3-8-19-12-14-15-13(21-12)20-9-10-4-6-11(7-5-10)16(17)18/h4-7H,2-3,8-9H2,1H3. The molecule has 1 aromatic carbocycles. The summed E-state index contributed by atoms with van der Waals surface area (Å²) in [6, 6.07) is 6.62. The van der Waals surface area contributed by atoms with Gasteiger partial charge in [0, 0.05) is 23.6 Å². The van der Waals surface area contributed by atoms with E-state index in [-0.39, 0.29) is 10.6 Å². The van der Waals surface area contributed by atoms with Crippen molar-refractivity contribution in [2.75, 3.05) is 5.75 Å². The van der Waals surface area contributed by atoms with Crippen molar-refractivity contribution in [1.82, 2.24) is 10.2 Å². The van der Waals surface area contributed by atoms with E-state index >= 15 is 0 Å². The van der Waals surface area contributed by atoms with Crippen LogP contribution in [0.15, 0.2) is 32.9 Å². The highest BCUT2D eigenvalue weighted by Crippen LogP contribution is 2.31. The number of hydrogen-bond donors (Lipinski definition) is 0. The van der Waals surface area contributed by atoms with Crippen molar-refractivity contribution in [3.05, 3.63) is 39.9 Å². The average Bonchev–Trinajstić information content (AvgIpc) is 2.94. The fourth-order valence-electron chi connectivity index (χ4n) is 1.48. The third-order valence-electron chi connectivity index (χ3n) is 2.62. The zero-order chi connectivity index (χ0) is 15.1. The molecular weight excluding hydrogens is 326 g/mol. The van der Waals surface area contributed by atoms with E-state index in [1.807, 2.05) is 0 Å². The molecule has 0 aliphatic heterocycles. The van der Waals surface area contributed by atoms with Gasteiger partial charge in [-0.05, 0) is 12.0 Å². The summed E-state index contributed by atoms with van der Waals surface area (Å²) in [6.45, 7) is 2.17. The van der Waals surface area contributed by atoms with E-state index in [0.717, 1.165) is 25.7 Å². The SMILES string of the molecule is CCCCSc1nnc(SCc2ccc([N+](=O)[O-])cc2)s1. The van der Waals surface area contributed by atoms with Gasteiger partial charge in [-0.3, -0.25) is 10.1 Å². The number of hydrogen-bond acceptors (Lipinski definition) is 7. The van der Waals surface area contributed by atoms with Gasteiger partial charge in [-0.2, -0.15) is 0 Å². The average molecular weight is 341 g/mol. The van der Waals surface area contributed by atoms with E-state index < -0.39 is 0 Å². The predicted octanol–water partition coefficient (Wildman–Crippen LogP) is 4.63. The van der Waals surface area contributed by atoms with Gasteiger partial charge in [-0.25, -0.2) is 0 Å². The van der Waals surface area contributed by atoms with Crippen LogP contribution in [-0.4, -0.2) is 20.9 Å². The number of non-ortho nitro benzene ring substituents is 1. The molecule has 0 aliphatic rings. The summed E-state index contributed by atoms with van der Waals surface area (Å²) in [5.74, 6) is 1.82. The first-order chi connectivity index (χ1) is 10.2. The lowest BCUT2D eigenvalue weighted by molar-refractivity contribution is -0.384. The number of unbranched alkanes of at least 4 members (excludes halogenated alkanes) is 1. The number of nitro groups is 1. The number of nitrogens with zero attached hydrogens (tertiary/aromatic N) is 3. The second-order valence-electron chi connectivity index (χ2n) is 4.25. The highest BCUT2D eigenvalue weighted by atomic mass is 32.2. The minimum atomic E-state index is -0.387. The maximum absolute atomic E-state index is 10.6. The molecule has 0 unspecified atom stereocenters. The lowest BCUT2D eigenvalue weighted by Gasteiger charge is -1.98. The van der Waals surface area contributed by atoms with E-state index in [1.54, 1.807) is 47.0 Å². The number of rotatable bonds is 8. The Hall–Kier alpha value is -1.12. The van der Waals surface area contributed by atoms with Gasteiger partial charge in [0.25, 0.3) is 5.69 Å². The molecule has 0 N–H and O–H groups in total. The van der Waals surface area contributed by atoms with Crippen LogP contribution in [0.2, 0.25) is 0 Å². The van der Waals surface area contributed by atoms with Crippen molar-refractivity contribution in [3.8, 4) is 0 Å². The van der Waals surface area contributed by atoms with Crippen LogP contribution < -0.4 is 0 Å². The van der Waals surface area contributed by atoms with Gasteiger partial charge in [0.15, 0.2) is 8.68 Å². The molecule has 0 amide bonds. The van der Waals surface area contributed by atoms with Crippen LogP contribution in [0.4, 0.5) is 5.69 Å². The van der Waals surface area contributed by atoms with Crippen LogP contribution in [0.25, 0.3) is 0 Å². The topological polar surface area (TPSA) is 68.9 Å². The lowest BCUT2D eigenvalue weighted by atomic mass is 10.2. The number of nitro benzene ring substituents is 1. The molecule has 0 bridgehead atoms. The van der Waals surface area contributed by atoms with Crippen molar-refractivity contribution in [2.45, 2.75) is 34.2 Å². The smallest absolute Gasteiger partial charge is 0.258 e. The minimum Gasteiger partial charge on any atom is -0.258 e. The van der Waals surface area contributed by atoms with Crippen LogP contribution in [0.5, 0.6) is 0 Å². The largest absolute Gasteiger partial charge is 0.269 e. The summed E-state index contributed by atoms with van der Waals surface area (Å²) in [4.78, 5) is 10.2. The number of aromatic nitrogens is 2. The summed E-state index contributed by atoms with van der Waals surface area (Å²) in [6.07, 6.45) is 2.38. The number of thioether (sulfide) groups is 2. The molecule has 2 aromatic rings. The van der Waals surface area contributed by atoms with Crippen LogP contribution in [0.1, 0.15) is 25.3 Å². The Labute approximate surface area is 135 Å². The molecule has 112 valence electrons.